The van der Waals surface area contributed by atoms with Crippen LogP contribution in [0.1, 0.15) is 12.8 Å². The van der Waals surface area contributed by atoms with E-state index in [9.17, 15) is 0 Å². The van der Waals surface area contributed by atoms with E-state index in [1.54, 1.807) is 12.4 Å². The van der Waals surface area contributed by atoms with Crippen LogP contribution in [0.25, 0.3) is 11.4 Å². The summed E-state index contributed by atoms with van der Waals surface area (Å²) in [4.78, 5) is 10.3. The Kier molecular flexibility index (Phi) is 10.8. The molecule has 0 aliphatic carbocycles. The Morgan fingerprint density at radius 3 is 1.52 bits per heavy atom. The molecule has 158 valence electrons. The summed E-state index contributed by atoms with van der Waals surface area (Å²) in [5.74, 6) is 13.3. The Hall–Kier alpha value is -2.63. The normalized spacial score (nSPS) is 11.9. The molecule has 0 atom stereocenters. The fourth-order valence-electron chi connectivity index (χ4n) is 2.45. The summed E-state index contributed by atoms with van der Waals surface area (Å²) in [7, 11) is 0. The molecule has 0 saturated carbocycles. The fourth-order valence-corrected chi connectivity index (χ4v) is 2.74. The van der Waals surface area contributed by atoms with Crippen LogP contribution in [0.2, 0.25) is 0 Å². The number of pyridine rings is 2. The molecule has 4 nitrogen and oxygen atoms in total. The molecule has 0 saturated heterocycles. The van der Waals surface area contributed by atoms with Crippen LogP contribution in [0.3, 0.4) is 0 Å². The van der Waals surface area contributed by atoms with Gasteiger partial charge in [0, 0.05) is 25.2 Å². The van der Waals surface area contributed by atoms with Gasteiger partial charge in [-0.3, -0.25) is 9.97 Å². The van der Waals surface area contributed by atoms with Gasteiger partial charge in [0.15, 0.2) is 0 Å². The minimum atomic E-state index is 0. The average Bonchev–Trinajstić information content (AvgIpc) is 2.78. The van der Waals surface area contributed by atoms with Gasteiger partial charge < -0.3 is 34.7 Å². The Balaban J connectivity index is 0.000000322. The molecular weight excluding hydrogens is 607 g/mol. The predicted octanol–water partition coefficient (Wildman–Crippen LogP) is 4.20. The number of rotatable bonds is 0. The fraction of sp³-hybridized carbons (Fsp3) is 0.167. The van der Waals surface area contributed by atoms with Crippen molar-refractivity contribution in [2.24, 2.45) is 0 Å². The van der Waals surface area contributed by atoms with Gasteiger partial charge >= 0.3 is 21.1 Å². The molecule has 0 bridgehead atoms. The van der Waals surface area contributed by atoms with E-state index >= 15 is 0 Å². The van der Waals surface area contributed by atoms with Gasteiger partial charge in [-0.15, -0.1) is 0 Å². The van der Waals surface area contributed by atoms with Gasteiger partial charge in [-0.2, -0.15) is 9.79 Å². The van der Waals surface area contributed by atoms with Crippen LogP contribution in [-0.4, -0.2) is 23.2 Å². The van der Waals surface area contributed by atoms with E-state index in [4.69, 9.17) is 34.7 Å². The van der Waals surface area contributed by atoms with Crippen molar-refractivity contribution in [1.82, 2.24) is 9.97 Å². The first-order valence-corrected chi connectivity index (χ1v) is 10.1. The molecule has 0 amide bonds. The van der Waals surface area contributed by atoms with Gasteiger partial charge in [0.2, 0.25) is 0 Å². The quantitative estimate of drug-likeness (QED) is 0.276. The summed E-state index contributed by atoms with van der Waals surface area (Å²) in [6.45, 7) is 0.629. The summed E-state index contributed by atoms with van der Waals surface area (Å²) in [5, 5.41) is 0. The van der Waals surface area contributed by atoms with E-state index < -0.39 is 0 Å². The Morgan fingerprint density at radius 2 is 1.10 bits per heavy atom. The van der Waals surface area contributed by atoms with Crippen LogP contribution in [0.4, 0.5) is 0 Å². The number of nitrogens with zero attached hydrogens (tertiary/aromatic N) is 2. The number of hydrogen-bond acceptors (Lipinski definition) is 6. The molecule has 0 spiro atoms. The molecule has 3 heterocycles. The molecule has 0 fully saturated rings. The molecule has 0 radical (unpaired) electrons. The van der Waals surface area contributed by atoms with Crippen LogP contribution in [0.5, 0.6) is 11.5 Å². The zero-order valence-corrected chi connectivity index (χ0v) is 20.4. The Labute approximate surface area is 208 Å². The number of benzene rings is 1. The van der Waals surface area contributed by atoms with E-state index in [0.717, 1.165) is 22.6 Å². The summed E-state index contributed by atoms with van der Waals surface area (Å²) < 4.78 is 11.4. The van der Waals surface area contributed by atoms with Crippen molar-refractivity contribution in [2.45, 2.75) is 22.6 Å². The molecule has 7 heteroatoms. The number of fused-ring (bicyclic) bond motifs is 3. The van der Waals surface area contributed by atoms with Gasteiger partial charge in [0.1, 0.15) is 36.1 Å². The summed E-state index contributed by atoms with van der Waals surface area (Å²) in [6.07, 6.45) is 4.87. The van der Waals surface area contributed by atoms with Crippen molar-refractivity contribution in [3.8, 4) is 46.6 Å². The van der Waals surface area contributed by atoms with Crippen molar-refractivity contribution < 1.29 is 30.5 Å². The van der Waals surface area contributed by atoms with E-state index in [2.05, 4.69) is 33.6 Å². The first kappa shape index (κ1) is 24.6. The maximum Gasteiger partial charge on any atom is 2.00 e. The van der Waals surface area contributed by atoms with Gasteiger partial charge in [-0.05, 0) is 24.3 Å². The summed E-state index contributed by atoms with van der Waals surface area (Å²) >= 11 is 9.70. The van der Waals surface area contributed by atoms with Crippen molar-refractivity contribution in [3.05, 3.63) is 60.9 Å². The largest absolute Gasteiger partial charge is 2.00 e. The van der Waals surface area contributed by atoms with Crippen molar-refractivity contribution >= 4 is 25.3 Å². The molecule has 4 rings (SSSR count). The third kappa shape index (κ3) is 7.85. The molecule has 2 aromatic heterocycles. The molecule has 1 aliphatic rings. The van der Waals surface area contributed by atoms with Crippen molar-refractivity contribution in [3.63, 3.8) is 0 Å². The minimum Gasteiger partial charge on any atom is -0.781 e. The van der Waals surface area contributed by atoms with E-state index in [-0.39, 0.29) is 21.1 Å². The molecule has 31 heavy (non-hydrogen) atoms. The van der Waals surface area contributed by atoms with E-state index in [0.29, 0.717) is 36.1 Å². The Bertz CT molecular complexity index is 1030. The number of ether oxygens (including phenoxy) is 2. The second kappa shape index (κ2) is 13.6. The zero-order valence-electron chi connectivity index (χ0n) is 16.4. The standard InChI is InChI=1S/C18H14N2O2.C6H6S2.Pt/c1-2-4-6-14-22-16-10-8-12-20-18(16)17-15(9-7-11-19-17)21-13-5-3-1;7-5-3-1-2-4-6(5)8;/h7-12H,1-2,13-14H2;1-4,7-8H;/q;;+2/p-2. The Morgan fingerprint density at radius 1 is 0.645 bits per heavy atom. The number of hydrogen-bond donors (Lipinski definition) is 0. The summed E-state index contributed by atoms with van der Waals surface area (Å²) in [6, 6.07) is 14.8. The van der Waals surface area contributed by atoms with Crippen molar-refractivity contribution in [1.29, 1.82) is 0 Å². The molecule has 1 aliphatic heterocycles. The molecule has 1 aromatic carbocycles. The van der Waals surface area contributed by atoms with Crippen LogP contribution in [0.15, 0.2) is 70.7 Å². The van der Waals surface area contributed by atoms with Gasteiger partial charge in [0.05, 0.1) is 0 Å². The first-order chi connectivity index (χ1) is 14.8. The average molecular weight is 626 g/mol. The number of aromatic nitrogens is 2. The van der Waals surface area contributed by atoms with Gasteiger partial charge in [-0.25, -0.2) is 0 Å². The maximum absolute atomic E-state index is 5.72. The first-order valence-electron chi connectivity index (χ1n) is 9.26. The second-order valence-electron chi connectivity index (χ2n) is 5.93. The third-order valence-corrected chi connectivity index (χ3v) is 4.68. The maximum atomic E-state index is 5.72. The van der Waals surface area contributed by atoms with Crippen molar-refractivity contribution in [2.75, 3.05) is 13.2 Å². The second-order valence-corrected chi connectivity index (χ2v) is 6.81. The SMILES string of the molecule is C1#CCOc2cccnc2-c2ncccc2OCC#CCC1.[Pt+2].[S-]c1ccccc1[S-]. The molecule has 0 unspecified atom stereocenters. The molecule has 0 N–H and O–H groups in total. The van der Waals surface area contributed by atoms with Crippen LogP contribution in [-0.2, 0) is 46.3 Å². The smallest absolute Gasteiger partial charge is 0.781 e. The van der Waals surface area contributed by atoms with Crippen LogP contribution < -0.4 is 9.47 Å². The zero-order chi connectivity index (χ0) is 21.0. The van der Waals surface area contributed by atoms with Gasteiger partial charge in [0.25, 0.3) is 0 Å². The van der Waals surface area contributed by atoms with E-state index in [1.807, 2.05) is 48.5 Å². The molecular formula is C24H18N2O2PtS2. The summed E-state index contributed by atoms with van der Waals surface area (Å²) in [5.41, 5.74) is 1.29. The van der Waals surface area contributed by atoms with E-state index in [1.165, 1.54) is 0 Å². The van der Waals surface area contributed by atoms with Crippen LogP contribution in [0, 0.1) is 23.7 Å². The molecule has 3 aromatic rings. The minimum absolute atomic E-state index is 0. The monoisotopic (exact) mass is 625 g/mol. The van der Waals surface area contributed by atoms with Gasteiger partial charge in [-0.1, -0.05) is 47.9 Å². The predicted molar refractivity (Wildman–Crippen MR) is 121 cm³/mol. The third-order valence-electron chi connectivity index (χ3n) is 3.84. The van der Waals surface area contributed by atoms with Crippen LogP contribution >= 0.6 is 0 Å². The topological polar surface area (TPSA) is 44.2 Å².